The third-order valence-electron chi connectivity index (χ3n) is 2.39. The minimum atomic E-state index is -4.15. The smallest absolute Gasteiger partial charge is 0.258 e. The van der Waals surface area contributed by atoms with Gasteiger partial charge in [-0.1, -0.05) is 11.6 Å². The maximum atomic E-state index is 12.8. The fourth-order valence-electron chi connectivity index (χ4n) is 1.45. The molecule has 0 spiro atoms. The number of nitrogens with one attached hydrogen (secondary N) is 1. The second-order valence-corrected chi connectivity index (χ2v) is 5.89. The number of hydrogen-bond donors (Lipinski definition) is 1. The highest BCUT2D eigenvalue weighted by molar-refractivity contribution is 7.92. The van der Waals surface area contributed by atoms with Crippen molar-refractivity contribution in [2.24, 2.45) is 0 Å². The SMILES string of the molecule is O=[N+]([O-])c1ccc(Cl)nc1NS(=O)(=O)c1ccc(F)cc1. The molecule has 0 aliphatic heterocycles. The van der Waals surface area contributed by atoms with Gasteiger partial charge in [0.25, 0.3) is 10.0 Å². The van der Waals surface area contributed by atoms with Crippen LogP contribution in [0.4, 0.5) is 15.9 Å². The summed E-state index contributed by atoms with van der Waals surface area (Å²) in [6.45, 7) is 0. The summed E-state index contributed by atoms with van der Waals surface area (Å²) in [7, 11) is -4.15. The van der Waals surface area contributed by atoms with Gasteiger partial charge < -0.3 is 0 Å². The Balaban J connectivity index is 2.43. The molecule has 0 bridgehead atoms. The molecule has 1 N–H and O–H groups in total. The summed E-state index contributed by atoms with van der Waals surface area (Å²) in [5, 5.41) is 10.7. The number of pyridine rings is 1. The van der Waals surface area contributed by atoms with Crippen LogP contribution in [0.25, 0.3) is 0 Å². The summed E-state index contributed by atoms with van der Waals surface area (Å²) in [6, 6.07) is 6.14. The van der Waals surface area contributed by atoms with E-state index in [1.54, 1.807) is 0 Å². The Kier molecular flexibility index (Phi) is 4.05. The van der Waals surface area contributed by atoms with Crippen molar-refractivity contribution in [2.75, 3.05) is 4.72 Å². The second-order valence-electron chi connectivity index (χ2n) is 3.82. The maximum Gasteiger partial charge on any atom is 0.312 e. The Hall–Kier alpha value is -2.26. The zero-order chi connectivity index (χ0) is 15.6. The van der Waals surface area contributed by atoms with Crippen molar-refractivity contribution < 1.29 is 17.7 Å². The Labute approximate surface area is 123 Å². The van der Waals surface area contributed by atoms with Gasteiger partial charge in [-0.15, -0.1) is 0 Å². The summed E-state index contributed by atoms with van der Waals surface area (Å²) in [6.07, 6.45) is 0. The molecule has 2 aromatic rings. The molecule has 1 aromatic heterocycles. The summed E-state index contributed by atoms with van der Waals surface area (Å²) in [5.41, 5.74) is -0.551. The zero-order valence-electron chi connectivity index (χ0n) is 10.2. The highest BCUT2D eigenvalue weighted by Crippen LogP contribution is 2.26. The van der Waals surface area contributed by atoms with Gasteiger partial charge >= 0.3 is 5.69 Å². The number of benzene rings is 1. The summed E-state index contributed by atoms with van der Waals surface area (Å²) < 4.78 is 38.9. The molecule has 0 saturated heterocycles. The monoisotopic (exact) mass is 331 g/mol. The van der Waals surface area contributed by atoms with Gasteiger partial charge in [0.05, 0.1) is 9.82 Å². The van der Waals surface area contributed by atoms with Crippen molar-refractivity contribution in [1.29, 1.82) is 0 Å². The van der Waals surface area contributed by atoms with Gasteiger partial charge in [0, 0.05) is 6.07 Å². The van der Waals surface area contributed by atoms with Crippen molar-refractivity contribution in [3.63, 3.8) is 0 Å². The molecule has 0 saturated carbocycles. The van der Waals surface area contributed by atoms with E-state index in [-0.39, 0.29) is 10.0 Å². The summed E-state index contributed by atoms with van der Waals surface area (Å²) in [5.74, 6) is -1.13. The fourth-order valence-corrected chi connectivity index (χ4v) is 2.61. The Morgan fingerprint density at radius 2 is 1.81 bits per heavy atom. The lowest BCUT2D eigenvalue weighted by Crippen LogP contribution is -2.15. The molecule has 0 atom stereocenters. The molecule has 0 unspecified atom stereocenters. The van der Waals surface area contributed by atoms with Crippen LogP contribution < -0.4 is 4.72 Å². The van der Waals surface area contributed by atoms with Crippen molar-refractivity contribution in [2.45, 2.75) is 4.90 Å². The van der Waals surface area contributed by atoms with Crippen LogP contribution in [0.5, 0.6) is 0 Å². The molecular weight excluding hydrogens is 325 g/mol. The molecule has 2 rings (SSSR count). The van der Waals surface area contributed by atoms with E-state index in [2.05, 4.69) is 4.98 Å². The number of aromatic nitrogens is 1. The van der Waals surface area contributed by atoms with E-state index in [1.165, 1.54) is 0 Å². The van der Waals surface area contributed by atoms with Crippen molar-refractivity contribution in [3.8, 4) is 0 Å². The van der Waals surface area contributed by atoms with Crippen LogP contribution in [-0.4, -0.2) is 18.3 Å². The van der Waals surface area contributed by atoms with E-state index in [9.17, 15) is 22.9 Å². The van der Waals surface area contributed by atoms with E-state index in [1.807, 2.05) is 4.72 Å². The van der Waals surface area contributed by atoms with Crippen LogP contribution in [0.1, 0.15) is 0 Å². The Morgan fingerprint density at radius 1 is 1.19 bits per heavy atom. The van der Waals surface area contributed by atoms with E-state index >= 15 is 0 Å². The van der Waals surface area contributed by atoms with E-state index in [0.717, 1.165) is 36.4 Å². The van der Waals surface area contributed by atoms with Crippen LogP contribution in [0.3, 0.4) is 0 Å². The van der Waals surface area contributed by atoms with Crippen LogP contribution in [-0.2, 0) is 10.0 Å². The topological polar surface area (TPSA) is 102 Å². The van der Waals surface area contributed by atoms with Gasteiger partial charge in [0.15, 0.2) is 0 Å². The van der Waals surface area contributed by atoms with Gasteiger partial charge in [0.2, 0.25) is 5.82 Å². The number of nitrogens with zero attached hydrogens (tertiary/aromatic N) is 2. The highest BCUT2D eigenvalue weighted by atomic mass is 35.5. The molecule has 7 nitrogen and oxygen atoms in total. The molecule has 0 amide bonds. The quantitative estimate of drug-likeness (QED) is 0.527. The van der Waals surface area contributed by atoms with Crippen molar-refractivity contribution in [1.82, 2.24) is 4.98 Å². The number of rotatable bonds is 4. The molecule has 1 heterocycles. The first-order chi connectivity index (χ1) is 9.79. The fraction of sp³-hybridized carbons (Fsp3) is 0. The predicted octanol–water partition coefficient (Wildman–Crippen LogP) is 2.58. The van der Waals surface area contributed by atoms with Gasteiger partial charge in [-0.3, -0.25) is 14.8 Å². The van der Waals surface area contributed by atoms with Crippen LogP contribution in [0.15, 0.2) is 41.3 Å². The third kappa shape index (κ3) is 3.44. The van der Waals surface area contributed by atoms with E-state index in [4.69, 9.17) is 11.6 Å². The first kappa shape index (κ1) is 15.1. The molecule has 10 heteroatoms. The van der Waals surface area contributed by atoms with Gasteiger partial charge in [-0.2, -0.15) is 0 Å². The van der Waals surface area contributed by atoms with Crippen LogP contribution >= 0.6 is 11.6 Å². The van der Waals surface area contributed by atoms with Crippen molar-refractivity contribution in [3.05, 3.63) is 57.5 Å². The summed E-state index contributed by atoms with van der Waals surface area (Å²) >= 11 is 5.60. The number of nitro groups is 1. The average molecular weight is 332 g/mol. The normalized spacial score (nSPS) is 11.1. The lowest BCUT2D eigenvalue weighted by Gasteiger charge is -2.07. The summed E-state index contributed by atoms with van der Waals surface area (Å²) in [4.78, 5) is 13.4. The highest BCUT2D eigenvalue weighted by Gasteiger charge is 2.22. The van der Waals surface area contributed by atoms with E-state index in [0.29, 0.717) is 0 Å². The third-order valence-corrected chi connectivity index (χ3v) is 3.96. The average Bonchev–Trinajstić information content (AvgIpc) is 2.38. The van der Waals surface area contributed by atoms with Crippen molar-refractivity contribution >= 4 is 33.1 Å². The number of anilines is 1. The van der Waals surface area contributed by atoms with Gasteiger partial charge in [-0.25, -0.2) is 17.8 Å². The second kappa shape index (κ2) is 5.62. The molecule has 0 fully saturated rings. The molecule has 1 aromatic carbocycles. The number of halogens is 2. The molecule has 0 aliphatic carbocycles. The number of hydrogen-bond acceptors (Lipinski definition) is 5. The zero-order valence-corrected chi connectivity index (χ0v) is 11.7. The molecular formula is C11H7ClFN3O4S. The molecule has 0 aliphatic rings. The van der Waals surface area contributed by atoms with Gasteiger partial charge in [0.1, 0.15) is 11.0 Å². The molecule has 0 radical (unpaired) electrons. The lowest BCUT2D eigenvalue weighted by molar-refractivity contribution is -0.384. The van der Waals surface area contributed by atoms with E-state index < -0.39 is 32.3 Å². The Morgan fingerprint density at radius 3 is 2.38 bits per heavy atom. The minimum absolute atomic E-state index is 0.114. The molecule has 110 valence electrons. The predicted molar refractivity (Wildman–Crippen MR) is 73.1 cm³/mol. The standard InChI is InChI=1S/C11H7ClFN3O4S/c12-10-6-5-9(16(17)18)11(14-10)15-21(19,20)8-3-1-7(13)2-4-8/h1-6H,(H,14,15). The minimum Gasteiger partial charge on any atom is -0.258 e. The largest absolute Gasteiger partial charge is 0.312 e. The number of sulfonamides is 1. The lowest BCUT2D eigenvalue weighted by atomic mass is 10.4. The van der Waals surface area contributed by atoms with Gasteiger partial charge in [-0.05, 0) is 30.3 Å². The first-order valence-electron chi connectivity index (χ1n) is 5.39. The first-order valence-corrected chi connectivity index (χ1v) is 7.25. The van der Waals surface area contributed by atoms with Crippen LogP contribution in [0, 0.1) is 15.9 Å². The maximum absolute atomic E-state index is 12.8. The van der Waals surface area contributed by atoms with Crippen LogP contribution in [0.2, 0.25) is 5.15 Å². The Bertz CT molecular complexity index is 796. The molecule has 21 heavy (non-hydrogen) atoms.